The minimum absolute atomic E-state index is 0. The molecule has 118 valence electrons. The van der Waals surface area contributed by atoms with Crippen LogP contribution < -0.4 is 10.6 Å². The average molecular weight is 403 g/mol. The van der Waals surface area contributed by atoms with Gasteiger partial charge < -0.3 is 15.7 Å². The van der Waals surface area contributed by atoms with E-state index in [1.165, 1.54) is 5.56 Å². The Morgan fingerprint density at radius 1 is 1.19 bits per heavy atom. The van der Waals surface area contributed by atoms with E-state index in [2.05, 4.69) is 34.7 Å². The van der Waals surface area contributed by atoms with Crippen molar-refractivity contribution in [3.05, 3.63) is 35.9 Å². The second-order valence-electron chi connectivity index (χ2n) is 5.33. The normalized spacial score (nSPS) is 22.3. The van der Waals surface area contributed by atoms with Crippen molar-refractivity contribution in [1.29, 1.82) is 0 Å². The summed E-state index contributed by atoms with van der Waals surface area (Å²) in [7, 11) is 0. The zero-order valence-electron chi connectivity index (χ0n) is 12.6. The van der Waals surface area contributed by atoms with Gasteiger partial charge in [0.15, 0.2) is 5.96 Å². The standard InChI is InChI=1S/C16H25N3O.HI/c1-2-17-16(18-12-13-6-4-3-5-7-13)19-14-8-10-15(20)11-9-14;/h3-7,14-15,20H,2,8-12H2,1H3,(H2,17,18,19);1H. The van der Waals surface area contributed by atoms with E-state index < -0.39 is 0 Å². The molecular formula is C16H26IN3O. The van der Waals surface area contributed by atoms with Crippen molar-refractivity contribution >= 4 is 29.9 Å². The number of halogens is 1. The first-order valence-electron chi connectivity index (χ1n) is 7.54. The predicted octanol–water partition coefficient (Wildman–Crippen LogP) is 2.66. The largest absolute Gasteiger partial charge is 0.393 e. The van der Waals surface area contributed by atoms with Crippen molar-refractivity contribution in [2.75, 3.05) is 6.54 Å². The molecule has 0 saturated heterocycles. The van der Waals surface area contributed by atoms with Crippen LogP contribution in [0, 0.1) is 0 Å². The lowest BCUT2D eigenvalue weighted by molar-refractivity contribution is 0.120. The van der Waals surface area contributed by atoms with Crippen molar-refractivity contribution < 1.29 is 5.11 Å². The van der Waals surface area contributed by atoms with Gasteiger partial charge in [0.25, 0.3) is 0 Å². The van der Waals surface area contributed by atoms with Gasteiger partial charge in [0.1, 0.15) is 0 Å². The topological polar surface area (TPSA) is 56.7 Å². The molecule has 3 N–H and O–H groups in total. The summed E-state index contributed by atoms with van der Waals surface area (Å²) in [5.74, 6) is 0.873. The summed E-state index contributed by atoms with van der Waals surface area (Å²) in [6.07, 6.45) is 3.68. The average Bonchev–Trinajstić information content (AvgIpc) is 2.48. The zero-order chi connectivity index (χ0) is 14.2. The molecule has 1 aliphatic rings. The van der Waals surface area contributed by atoms with Crippen molar-refractivity contribution in [2.45, 2.75) is 51.3 Å². The summed E-state index contributed by atoms with van der Waals surface area (Å²) in [4.78, 5) is 4.63. The van der Waals surface area contributed by atoms with Gasteiger partial charge in [-0.3, -0.25) is 0 Å². The monoisotopic (exact) mass is 403 g/mol. The van der Waals surface area contributed by atoms with Crippen LogP contribution in [0.15, 0.2) is 35.3 Å². The van der Waals surface area contributed by atoms with Gasteiger partial charge in [0.2, 0.25) is 0 Å². The highest BCUT2D eigenvalue weighted by Gasteiger charge is 2.19. The van der Waals surface area contributed by atoms with Crippen LogP contribution in [0.5, 0.6) is 0 Å². The SMILES string of the molecule is CCNC(=NCc1ccccc1)NC1CCC(O)CC1.I. The number of hydrogen-bond acceptors (Lipinski definition) is 2. The third-order valence-corrected chi connectivity index (χ3v) is 3.64. The molecule has 0 aliphatic heterocycles. The number of aliphatic hydroxyl groups excluding tert-OH is 1. The van der Waals surface area contributed by atoms with E-state index in [-0.39, 0.29) is 30.1 Å². The molecule has 0 atom stereocenters. The molecule has 1 fully saturated rings. The molecule has 1 aromatic carbocycles. The lowest BCUT2D eigenvalue weighted by Crippen LogP contribution is -2.45. The Labute approximate surface area is 144 Å². The number of nitrogens with zero attached hydrogens (tertiary/aromatic N) is 1. The third kappa shape index (κ3) is 6.65. The highest BCUT2D eigenvalue weighted by atomic mass is 127. The summed E-state index contributed by atoms with van der Waals surface area (Å²) < 4.78 is 0. The fourth-order valence-electron chi connectivity index (χ4n) is 2.49. The van der Waals surface area contributed by atoms with Crippen molar-refractivity contribution in [3.63, 3.8) is 0 Å². The maximum absolute atomic E-state index is 9.54. The molecule has 2 rings (SSSR count). The first kappa shape index (κ1) is 18.2. The number of hydrogen-bond donors (Lipinski definition) is 3. The maximum Gasteiger partial charge on any atom is 0.191 e. The number of benzene rings is 1. The Morgan fingerprint density at radius 2 is 1.86 bits per heavy atom. The Bertz CT molecular complexity index is 417. The predicted molar refractivity (Wildman–Crippen MR) is 98.1 cm³/mol. The number of aliphatic imine (C=N–C) groups is 1. The molecule has 0 spiro atoms. The van der Waals surface area contributed by atoms with Crippen LogP contribution in [0.4, 0.5) is 0 Å². The molecule has 0 aromatic heterocycles. The van der Waals surface area contributed by atoms with Crippen molar-refractivity contribution in [1.82, 2.24) is 10.6 Å². The maximum atomic E-state index is 9.54. The van der Waals surface area contributed by atoms with Crippen LogP contribution in [0.1, 0.15) is 38.2 Å². The van der Waals surface area contributed by atoms with E-state index in [9.17, 15) is 5.11 Å². The quantitative estimate of drug-likeness (QED) is 0.412. The molecule has 0 heterocycles. The molecule has 1 aromatic rings. The summed E-state index contributed by atoms with van der Waals surface area (Å²) in [5.41, 5.74) is 1.21. The summed E-state index contributed by atoms with van der Waals surface area (Å²) in [6.45, 7) is 3.62. The molecule has 21 heavy (non-hydrogen) atoms. The van der Waals surface area contributed by atoms with Crippen molar-refractivity contribution in [3.8, 4) is 0 Å². The van der Waals surface area contributed by atoms with Crippen LogP contribution in [-0.4, -0.2) is 29.8 Å². The molecule has 0 amide bonds. The molecule has 1 aliphatic carbocycles. The Hall–Kier alpha value is -0.820. The van der Waals surface area contributed by atoms with Crippen LogP contribution in [0.3, 0.4) is 0 Å². The Kier molecular flexibility index (Phi) is 8.68. The van der Waals surface area contributed by atoms with Crippen LogP contribution in [0.25, 0.3) is 0 Å². The molecule has 0 unspecified atom stereocenters. The minimum atomic E-state index is -0.114. The lowest BCUT2D eigenvalue weighted by Gasteiger charge is -2.27. The summed E-state index contributed by atoms with van der Waals surface area (Å²) in [6, 6.07) is 10.7. The number of aliphatic hydroxyl groups is 1. The van der Waals surface area contributed by atoms with E-state index in [4.69, 9.17) is 0 Å². The minimum Gasteiger partial charge on any atom is -0.393 e. The Balaban J connectivity index is 0.00000220. The van der Waals surface area contributed by atoms with E-state index in [1.807, 2.05) is 18.2 Å². The molecule has 4 nitrogen and oxygen atoms in total. The smallest absolute Gasteiger partial charge is 0.191 e. The van der Waals surface area contributed by atoms with Gasteiger partial charge in [-0.2, -0.15) is 0 Å². The number of rotatable bonds is 4. The van der Waals surface area contributed by atoms with Gasteiger partial charge in [0.05, 0.1) is 12.6 Å². The van der Waals surface area contributed by atoms with Gasteiger partial charge in [-0.25, -0.2) is 4.99 Å². The second kappa shape index (κ2) is 10.00. The fourth-order valence-corrected chi connectivity index (χ4v) is 2.49. The highest BCUT2D eigenvalue weighted by molar-refractivity contribution is 14.0. The summed E-state index contributed by atoms with van der Waals surface area (Å²) in [5, 5.41) is 16.3. The van der Waals surface area contributed by atoms with Crippen LogP contribution in [0.2, 0.25) is 0 Å². The van der Waals surface area contributed by atoms with E-state index in [1.54, 1.807) is 0 Å². The lowest BCUT2D eigenvalue weighted by atomic mass is 9.93. The van der Waals surface area contributed by atoms with Crippen LogP contribution >= 0.6 is 24.0 Å². The van der Waals surface area contributed by atoms with Gasteiger partial charge in [-0.1, -0.05) is 30.3 Å². The number of nitrogens with one attached hydrogen (secondary N) is 2. The van der Waals surface area contributed by atoms with E-state index >= 15 is 0 Å². The third-order valence-electron chi connectivity index (χ3n) is 3.64. The first-order chi connectivity index (χ1) is 9.78. The van der Waals surface area contributed by atoms with Gasteiger partial charge in [0, 0.05) is 12.6 Å². The fraction of sp³-hybridized carbons (Fsp3) is 0.562. The van der Waals surface area contributed by atoms with Gasteiger partial charge in [-0.15, -0.1) is 24.0 Å². The molecule has 0 radical (unpaired) electrons. The van der Waals surface area contributed by atoms with Crippen molar-refractivity contribution in [2.24, 2.45) is 4.99 Å². The molecule has 5 heteroatoms. The highest BCUT2D eigenvalue weighted by Crippen LogP contribution is 2.18. The van der Waals surface area contributed by atoms with Gasteiger partial charge in [-0.05, 0) is 38.2 Å². The Morgan fingerprint density at radius 3 is 2.48 bits per heavy atom. The van der Waals surface area contributed by atoms with E-state index in [0.717, 1.165) is 38.2 Å². The van der Waals surface area contributed by atoms with Gasteiger partial charge >= 0.3 is 0 Å². The van der Waals surface area contributed by atoms with E-state index in [0.29, 0.717) is 12.6 Å². The summed E-state index contributed by atoms with van der Waals surface area (Å²) >= 11 is 0. The first-order valence-corrected chi connectivity index (χ1v) is 7.54. The zero-order valence-corrected chi connectivity index (χ0v) is 14.9. The second-order valence-corrected chi connectivity index (χ2v) is 5.33. The number of guanidine groups is 1. The molecular weight excluding hydrogens is 377 g/mol. The molecule has 1 saturated carbocycles. The molecule has 0 bridgehead atoms. The van der Waals surface area contributed by atoms with Crippen LogP contribution in [-0.2, 0) is 6.54 Å².